The van der Waals surface area contributed by atoms with E-state index in [1.807, 2.05) is 42.8 Å². The largest absolute Gasteiger partial charge is 0.481 e. The first-order valence-electron chi connectivity index (χ1n) is 9.03. The van der Waals surface area contributed by atoms with Crippen molar-refractivity contribution >= 4 is 34.1 Å². The molecule has 0 N–H and O–H groups in total. The van der Waals surface area contributed by atoms with Crippen LogP contribution in [0.3, 0.4) is 0 Å². The second-order valence-corrected chi connectivity index (χ2v) is 7.87. The van der Waals surface area contributed by atoms with Gasteiger partial charge in [-0.25, -0.2) is 0 Å². The molecule has 4 aromatic rings. The van der Waals surface area contributed by atoms with Gasteiger partial charge in [-0.1, -0.05) is 78.0 Å². The van der Waals surface area contributed by atoms with E-state index in [0.29, 0.717) is 10.8 Å². The number of nitrogens with zero attached hydrogens (tertiary/aromatic N) is 3. The third kappa shape index (κ3) is 3.86. The summed E-state index contributed by atoms with van der Waals surface area (Å²) in [5.74, 6) is 2.23. The maximum atomic E-state index is 6.19. The summed E-state index contributed by atoms with van der Waals surface area (Å²) in [6, 6.07) is 22.3. The van der Waals surface area contributed by atoms with E-state index >= 15 is 0 Å². The lowest BCUT2D eigenvalue weighted by Crippen LogP contribution is -2.10. The Morgan fingerprint density at radius 2 is 1.75 bits per heavy atom. The van der Waals surface area contributed by atoms with Crippen molar-refractivity contribution in [1.29, 1.82) is 0 Å². The molecule has 6 heteroatoms. The zero-order valence-electron chi connectivity index (χ0n) is 15.7. The first kappa shape index (κ1) is 18.8. The number of hydrogen-bond donors (Lipinski definition) is 0. The first-order chi connectivity index (χ1) is 13.6. The Bertz CT molecular complexity index is 1110. The number of rotatable bonds is 6. The summed E-state index contributed by atoms with van der Waals surface area (Å²) in [5.41, 5.74) is 1.29. The number of aromatic nitrogens is 3. The van der Waals surface area contributed by atoms with E-state index in [-0.39, 0.29) is 6.10 Å². The van der Waals surface area contributed by atoms with E-state index in [4.69, 9.17) is 16.3 Å². The molecule has 28 heavy (non-hydrogen) atoms. The Hall–Kier alpha value is -2.50. The van der Waals surface area contributed by atoms with Gasteiger partial charge in [0.25, 0.3) is 0 Å². The Kier molecular flexibility index (Phi) is 5.55. The topological polar surface area (TPSA) is 39.9 Å². The second kappa shape index (κ2) is 8.25. The highest BCUT2D eigenvalue weighted by Gasteiger charge is 2.18. The van der Waals surface area contributed by atoms with E-state index in [9.17, 15) is 0 Å². The lowest BCUT2D eigenvalue weighted by Gasteiger charge is -2.15. The number of thioether (sulfide) groups is 1. The molecular formula is C22H20ClN3OS. The van der Waals surface area contributed by atoms with Crippen LogP contribution in [-0.4, -0.2) is 14.8 Å². The van der Waals surface area contributed by atoms with E-state index in [0.717, 1.165) is 16.7 Å². The lowest BCUT2D eigenvalue weighted by atomic mass is 10.1. The van der Waals surface area contributed by atoms with Crippen LogP contribution in [0.4, 0.5) is 0 Å². The molecule has 0 radical (unpaired) electrons. The quantitative estimate of drug-likeness (QED) is 0.363. The van der Waals surface area contributed by atoms with Crippen LogP contribution in [0.5, 0.6) is 5.75 Å². The molecule has 1 aromatic heterocycles. The Labute approximate surface area is 173 Å². The Morgan fingerprint density at radius 1 is 1.00 bits per heavy atom. The fourth-order valence-corrected chi connectivity index (χ4v) is 4.25. The van der Waals surface area contributed by atoms with Gasteiger partial charge in [0.2, 0.25) is 0 Å². The van der Waals surface area contributed by atoms with Crippen LogP contribution in [0.25, 0.3) is 10.8 Å². The normalized spacial score (nSPS) is 12.2. The number of halogens is 1. The molecule has 142 valence electrons. The van der Waals surface area contributed by atoms with E-state index in [1.165, 1.54) is 16.3 Å². The molecule has 4 nitrogen and oxygen atoms in total. The maximum absolute atomic E-state index is 6.19. The summed E-state index contributed by atoms with van der Waals surface area (Å²) < 4.78 is 7.96. The molecule has 0 saturated heterocycles. The number of ether oxygens (including phenoxy) is 1. The van der Waals surface area contributed by atoms with Crippen LogP contribution in [0.15, 0.2) is 71.9 Å². The fourth-order valence-electron chi connectivity index (χ4n) is 3.15. The summed E-state index contributed by atoms with van der Waals surface area (Å²) >= 11 is 7.86. The lowest BCUT2D eigenvalue weighted by molar-refractivity contribution is 0.211. The predicted octanol–water partition coefficient (Wildman–Crippen LogP) is 6.05. The smallest absolute Gasteiger partial charge is 0.191 e. The minimum atomic E-state index is -0.260. The van der Waals surface area contributed by atoms with Crippen molar-refractivity contribution in [3.05, 3.63) is 83.1 Å². The van der Waals surface area contributed by atoms with Crippen LogP contribution >= 0.6 is 23.4 Å². The summed E-state index contributed by atoms with van der Waals surface area (Å²) in [5, 5.41) is 12.7. The summed E-state index contributed by atoms with van der Waals surface area (Å²) in [7, 11) is 1.97. The van der Waals surface area contributed by atoms with Crippen LogP contribution in [0.2, 0.25) is 5.02 Å². The van der Waals surface area contributed by atoms with Gasteiger partial charge in [0.05, 0.1) is 5.02 Å². The van der Waals surface area contributed by atoms with Gasteiger partial charge in [-0.3, -0.25) is 0 Å². The number of fused-ring (bicyclic) bond motifs is 1. The third-order valence-corrected chi connectivity index (χ3v) is 5.99. The Morgan fingerprint density at radius 3 is 2.61 bits per heavy atom. The van der Waals surface area contributed by atoms with Crippen LogP contribution in [0, 0.1) is 0 Å². The molecule has 0 spiro atoms. The van der Waals surface area contributed by atoms with Crippen molar-refractivity contribution in [1.82, 2.24) is 14.8 Å². The average molecular weight is 410 g/mol. The standard InChI is InChI=1S/C22H20ClN3OS/c1-15(27-20-13-6-5-12-19(20)23)21-24-25-22(26(21)2)28-14-17-10-7-9-16-8-3-4-11-18(16)17/h3-13,15H,14H2,1-2H3. The van der Waals surface area contributed by atoms with Gasteiger partial charge in [-0.2, -0.15) is 0 Å². The predicted molar refractivity (Wildman–Crippen MR) is 115 cm³/mol. The van der Waals surface area contributed by atoms with Gasteiger partial charge in [0, 0.05) is 12.8 Å². The number of para-hydroxylation sites is 1. The molecule has 3 aromatic carbocycles. The molecule has 1 heterocycles. The minimum absolute atomic E-state index is 0.260. The van der Waals surface area contributed by atoms with Crippen molar-refractivity contribution in [3.63, 3.8) is 0 Å². The summed E-state index contributed by atoms with van der Waals surface area (Å²) in [4.78, 5) is 0. The molecule has 0 bridgehead atoms. The highest BCUT2D eigenvalue weighted by molar-refractivity contribution is 7.98. The van der Waals surface area contributed by atoms with Gasteiger partial charge in [0.1, 0.15) is 5.75 Å². The van der Waals surface area contributed by atoms with Gasteiger partial charge in [0.15, 0.2) is 17.1 Å². The second-order valence-electron chi connectivity index (χ2n) is 6.52. The number of benzene rings is 3. The van der Waals surface area contributed by atoms with Gasteiger partial charge in [-0.05, 0) is 35.4 Å². The molecule has 0 aliphatic heterocycles. The average Bonchev–Trinajstić information content (AvgIpc) is 3.08. The molecule has 0 fully saturated rings. The summed E-state index contributed by atoms with van der Waals surface area (Å²) in [6.45, 7) is 1.95. The molecular weight excluding hydrogens is 390 g/mol. The fraction of sp³-hybridized carbons (Fsp3) is 0.182. The van der Waals surface area contributed by atoms with E-state index in [2.05, 4.69) is 52.7 Å². The molecule has 0 saturated carbocycles. The van der Waals surface area contributed by atoms with Gasteiger partial charge >= 0.3 is 0 Å². The zero-order chi connectivity index (χ0) is 19.5. The molecule has 1 unspecified atom stereocenters. The monoisotopic (exact) mass is 409 g/mol. The van der Waals surface area contributed by atoms with Crippen molar-refractivity contribution < 1.29 is 4.74 Å². The molecule has 0 aliphatic rings. The highest BCUT2D eigenvalue weighted by atomic mass is 35.5. The van der Waals surface area contributed by atoms with Crippen molar-refractivity contribution in [2.24, 2.45) is 7.05 Å². The van der Waals surface area contributed by atoms with Gasteiger partial charge < -0.3 is 9.30 Å². The van der Waals surface area contributed by atoms with Crippen LogP contribution in [-0.2, 0) is 12.8 Å². The Balaban J connectivity index is 1.50. The summed E-state index contributed by atoms with van der Waals surface area (Å²) in [6.07, 6.45) is -0.260. The maximum Gasteiger partial charge on any atom is 0.191 e. The van der Waals surface area contributed by atoms with Crippen LogP contribution < -0.4 is 4.74 Å². The number of hydrogen-bond acceptors (Lipinski definition) is 4. The molecule has 4 rings (SSSR count). The molecule has 0 aliphatic carbocycles. The molecule has 0 amide bonds. The SMILES string of the molecule is CC(Oc1ccccc1Cl)c1nnc(SCc2cccc3ccccc23)n1C. The zero-order valence-corrected chi connectivity index (χ0v) is 17.2. The molecule has 1 atom stereocenters. The van der Waals surface area contributed by atoms with Crippen molar-refractivity contribution in [2.75, 3.05) is 0 Å². The van der Waals surface area contributed by atoms with Crippen LogP contribution in [0.1, 0.15) is 24.4 Å². The van der Waals surface area contributed by atoms with Crippen molar-refractivity contribution in [3.8, 4) is 5.75 Å². The first-order valence-corrected chi connectivity index (χ1v) is 10.4. The van der Waals surface area contributed by atoms with Crippen molar-refractivity contribution in [2.45, 2.75) is 23.9 Å². The van der Waals surface area contributed by atoms with Gasteiger partial charge in [-0.15, -0.1) is 10.2 Å². The minimum Gasteiger partial charge on any atom is -0.481 e. The van der Waals surface area contributed by atoms with E-state index < -0.39 is 0 Å². The third-order valence-electron chi connectivity index (χ3n) is 4.61. The van der Waals surface area contributed by atoms with E-state index in [1.54, 1.807) is 11.8 Å². The highest BCUT2D eigenvalue weighted by Crippen LogP contribution is 2.30.